The number of morpholine rings is 1. The van der Waals surface area contributed by atoms with E-state index in [0.717, 1.165) is 23.4 Å². The molecule has 6 heteroatoms. The fourth-order valence-corrected chi connectivity index (χ4v) is 2.92. The van der Waals surface area contributed by atoms with Gasteiger partial charge in [-0.1, -0.05) is 18.1 Å². The molecule has 2 aromatic rings. The normalized spacial score (nSPS) is 17.6. The fourth-order valence-electron chi connectivity index (χ4n) is 2.92. The first kappa shape index (κ1) is 17.5. The van der Waals surface area contributed by atoms with Gasteiger partial charge in [0.25, 0.3) is 5.91 Å². The van der Waals surface area contributed by atoms with Crippen molar-refractivity contribution in [3.8, 4) is 5.75 Å². The molecule has 0 unspecified atom stereocenters. The van der Waals surface area contributed by atoms with Gasteiger partial charge in [0, 0.05) is 18.7 Å². The Hall–Kier alpha value is -2.34. The van der Waals surface area contributed by atoms with Crippen LogP contribution in [-0.4, -0.2) is 41.8 Å². The average Bonchev–Trinajstić information content (AvgIpc) is 2.97. The number of benzene rings is 1. The first-order valence-electron chi connectivity index (χ1n) is 8.64. The number of rotatable bonds is 5. The second kappa shape index (κ2) is 7.70. The number of aromatic nitrogens is 1. The van der Waals surface area contributed by atoms with E-state index in [4.69, 9.17) is 14.0 Å². The van der Waals surface area contributed by atoms with E-state index < -0.39 is 0 Å². The van der Waals surface area contributed by atoms with Crippen molar-refractivity contribution in [2.24, 2.45) is 0 Å². The Balaban J connectivity index is 1.67. The van der Waals surface area contributed by atoms with Gasteiger partial charge in [-0.15, -0.1) is 0 Å². The molecule has 1 atom stereocenters. The smallest absolute Gasteiger partial charge is 0.254 e. The maximum absolute atomic E-state index is 12.7. The van der Waals surface area contributed by atoms with Crippen molar-refractivity contribution < 1.29 is 18.8 Å². The van der Waals surface area contributed by atoms with E-state index in [2.05, 4.69) is 12.1 Å². The molecular formula is C19H24N2O4. The first-order valence-corrected chi connectivity index (χ1v) is 8.64. The van der Waals surface area contributed by atoms with Gasteiger partial charge in [0.15, 0.2) is 0 Å². The Bertz CT molecular complexity index is 721. The Labute approximate surface area is 147 Å². The van der Waals surface area contributed by atoms with E-state index in [0.29, 0.717) is 37.6 Å². The minimum atomic E-state index is 0.0181. The Morgan fingerprint density at radius 2 is 2.24 bits per heavy atom. The van der Waals surface area contributed by atoms with Crippen LogP contribution >= 0.6 is 0 Å². The molecule has 1 aliphatic heterocycles. The second-order valence-electron chi connectivity index (χ2n) is 6.27. The highest BCUT2D eigenvalue weighted by molar-refractivity contribution is 5.94. The molecule has 0 spiro atoms. The molecule has 3 rings (SSSR count). The van der Waals surface area contributed by atoms with Crippen molar-refractivity contribution in [1.82, 2.24) is 10.1 Å². The highest BCUT2D eigenvalue weighted by Gasteiger charge is 2.24. The van der Waals surface area contributed by atoms with Crippen LogP contribution in [0.2, 0.25) is 0 Å². The van der Waals surface area contributed by atoms with Crippen LogP contribution in [0.25, 0.3) is 0 Å². The summed E-state index contributed by atoms with van der Waals surface area (Å²) in [6.45, 7) is 8.04. The van der Waals surface area contributed by atoms with Gasteiger partial charge in [0.1, 0.15) is 18.1 Å². The van der Waals surface area contributed by atoms with Crippen molar-refractivity contribution in [2.75, 3.05) is 19.7 Å². The molecule has 0 saturated carbocycles. The standard InChI is InChI=1S/C19H24N2O4/c1-4-16-11-21(8-9-23-16)19(22)15-6-5-7-17(10-15)24-12-18-13(2)20-25-14(18)3/h5-7,10,16H,4,8-9,11-12H2,1-3H3/t16-/m1/s1. The lowest BCUT2D eigenvalue weighted by atomic mass is 10.1. The number of carbonyl (C=O) groups excluding carboxylic acids is 1. The van der Waals surface area contributed by atoms with Crippen molar-refractivity contribution >= 4 is 5.91 Å². The van der Waals surface area contributed by atoms with E-state index in [1.807, 2.05) is 36.9 Å². The lowest BCUT2D eigenvalue weighted by Crippen LogP contribution is -2.45. The van der Waals surface area contributed by atoms with Crippen molar-refractivity contribution in [1.29, 1.82) is 0 Å². The minimum Gasteiger partial charge on any atom is -0.489 e. The number of hydrogen-bond acceptors (Lipinski definition) is 5. The van der Waals surface area contributed by atoms with Gasteiger partial charge in [-0.3, -0.25) is 4.79 Å². The van der Waals surface area contributed by atoms with Crippen LogP contribution in [0.3, 0.4) is 0 Å². The van der Waals surface area contributed by atoms with Gasteiger partial charge in [-0.05, 0) is 38.5 Å². The highest BCUT2D eigenvalue weighted by atomic mass is 16.5. The van der Waals surface area contributed by atoms with Crippen LogP contribution in [0.4, 0.5) is 0 Å². The molecule has 0 bridgehead atoms. The molecule has 1 aliphatic rings. The molecule has 0 radical (unpaired) electrons. The third-order valence-electron chi connectivity index (χ3n) is 4.53. The van der Waals surface area contributed by atoms with Gasteiger partial charge in [0.05, 0.1) is 24.0 Å². The van der Waals surface area contributed by atoms with Crippen molar-refractivity contribution in [3.63, 3.8) is 0 Å². The number of amides is 1. The zero-order chi connectivity index (χ0) is 17.8. The lowest BCUT2D eigenvalue weighted by Gasteiger charge is -2.32. The van der Waals surface area contributed by atoms with E-state index in [9.17, 15) is 4.79 Å². The van der Waals surface area contributed by atoms with Gasteiger partial charge in [0.2, 0.25) is 0 Å². The third kappa shape index (κ3) is 4.02. The molecule has 0 aliphatic carbocycles. The Kier molecular flexibility index (Phi) is 5.38. The maximum atomic E-state index is 12.7. The van der Waals surface area contributed by atoms with Crippen LogP contribution in [0.15, 0.2) is 28.8 Å². The molecule has 25 heavy (non-hydrogen) atoms. The molecule has 134 valence electrons. The van der Waals surface area contributed by atoms with Crippen LogP contribution < -0.4 is 4.74 Å². The van der Waals surface area contributed by atoms with Gasteiger partial charge in [-0.25, -0.2) is 0 Å². The van der Waals surface area contributed by atoms with Crippen molar-refractivity contribution in [2.45, 2.75) is 39.9 Å². The van der Waals surface area contributed by atoms with Crippen molar-refractivity contribution in [3.05, 3.63) is 46.8 Å². The summed E-state index contributed by atoms with van der Waals surface area (Å²) in [7, 11) is 0. The quantitative estimate of drug-likeness (QED) is 0.834. The zero-order valence-corrected chi connectivity index (χ0v) is 14.9. The minimum absolute atomic E-state index is 0.0181. The van der Waals surface area contributed by atoms with Crippen LogP contribution in [0.5, 0.6) is 5.75 Å². The molecule has 0 N–H and O–H groups in total. The summed E-state index contributed by atoms with van der Waals surface area (Å²) in [5.41, 5.74) is 2.40. The molecule has 1 aromatic heterocycles. The average molecular weight is 344 g/mol. The topological polar surface area (TPSA) is 64.8 Å². The summed E-state index contributed by atoms with van der Waals surface area (Å²) in [6, 6.07) is 7.30. The number of ether oxygens (including phenoxy) is 2. The summed E-state index contributed by atoms with van der Waals surface area (Å²) >= 11 is 0. The predicted octanol–water partition coefficient (Wildman–Crippen LogP) is 3.12. The molecule has 1 amide bonds. The molecular weight excluding hydrogens is 320 g/mol. The Morgan fingerprint density at radius 3 is 2.96 bits per heavy atom. The fraction of sp³-hybridized carbons (Fsp3) is 0.474. The zero-order valence-electron chi connectivity index (χ0n) is 14.9. The predicted molar refractivity (Wildman–Crippen MR) is 92.7 cm³/mol. The maximum Gasteiger partial charge on any atom is 0.254 e. The van der Waals surface area contributed by atoms with E-state index in [-0.39, 0.29) is 12.0 Å². The summed E-state index contributed by atoms with van der Waals surface area (Å²) in [4.78, 5) is 14.6. The summed E-state index contributed by atoms with van der Waals surface area (Å²) < 4.78 is 16.6. The molecule has 1 saturated heterocycles. The van der Waals surface area contributed by atoms with Crippen LogP contribution in [0, 0.1) is 13.8 Å². The van der Waals surface area contributed by atoms with Gasteiger partial charge < -0.3 is 18.9 Å². The molecule has 2 heterocycles. The SMILES string of the molecule is CC[C@@H]1CN(C(=O)c2cccc(OCc3c(C)noc3C)c2)CCO1. The largest absolute Gasteiger partial charge is 0.489 e. The molecule has 1 fully saturated rings. The van der Waals surface area contributed by atoms with E-state index in [1.54, 1.807) is 6.07 Å². The third-order valence-corrected chi connectivity index (χ3v) is 4.53. The molecule has 1 aromatic carbocycles. The van der Waals surface area contributed by atoms with E-state index in [1.165, 1.54) is 0 Å². The summed E-state index contributed by atoms with van der Waals surface area (Å²) in [5, 5.41) is 3.92. The van der Waals surface area contributed by atoms with Crippen LogP contribution in [0.1, 0.15) is 40.7 Å². The number of carbonyl (C=O) groups is 1. The van der Waals surface area contributed by atoms with Crippen LogP contribution in [-0.2, 0) is 11.3 Å². The first-order chi connectivity index (χ1) is 12.1. The number of nitrogens with zero attached hydrogens (tertiary/aromatic N) is 2. The van der Waals surface area contributed by atoms with Gasteiger partial charge >= 0.3 is 0 Å². The molecule has 6 nitrogen and oxygen atoms in total. The lowest BCUT2D eigenvalue weighted by molar-refractivity contribution is -0.0226. The number of hydrogen-bond donors (Lipinski definition) is 0. The Morgan fingerprint density at radius 1 is 1.40 bits per heavy atom. The van der Waals surface area contributed by atoms with E-state index >= 15 is 0 Å². The second-order valence-corrected chi connectivity index (χ2v) is 6.27. The highest BCUT2D eigenvalue weighted by Crippen LogP contribution is 2.20. The van der Waals surface area contributed by atoms with Gasteiger partial charge in [-0.2, -0.15) is 0 Å². The monoisotopic (exact) mass is 344 g/mol. The summed E-state index contributed by atoms with van der Waals surface area (Å²) in [5.74, 6) is 1.43. The number of aryl methyl sites for hydroxylation is 2. The summed E-state index contributed by atoms with van der Waals surface area (Å²) in [6.07, 6.45) is 1.03.